The van der Waals surface area contributed by atoms with E-state index in [0.717, 1.165) is 22.0 Å². The van der Waals surface area contributed by atoms with Crippen molar-refractivity contribution in [2.45, 2.75) is 26.8 Å². The summed E-state index contributed by atoms with van der Waals surface area (Å²) in [6, 6.07) is 16.1. The van der Waals surface area contributed by atoms with Crippen LogP contribution in [0.4, 0.5) is 0 Å². The zero-order chi connectivity index (χ0) is 19.2. The van der Waals surface area contributed by atoms with Gasteiger partial charge < -0.3 is 15.2 Å². The van der Waals surface area contributed by atoms with Crippen molar-refractivity contribution in [2.24, 2.45) is 0 Å². The third-order valence-electron chi connectivity index (χ3n) is 4.67. The van der Waals surface area contributed by atoms with E-state index in [-0.39, 0.29) is 11.8 Å². The van der Waals surface area contributed by atoms with Gasteiger partial charge in [0.15, 0.2) is 0 Å². The molecule has 0 aliphatic rings. The molecule has 2 amide bonds. The van der Waals surface area contributed by atoms with Gasteiger partial charge in [-0.2, -0.15) is 0 Å². The van der Waals surface area contributed by atoms with Crippen molar-refractivity contribution in [1.82, 2.24) is 15.2 Å². The molecule has 0 saturated heterocycles. The fourth-order valence-corrected chi connectivity index (χ4v) is 3.11. The summed E-state index contributed by atoms with van der Waals surface area (Å²) < 4.78 is 0. The van der Waals surface area contributed by atoms with Crippen LogP contribution < -0.4 is 5.32 Å². The van der Waals surface area contributed by atoms with Crippen molar-refractivity contribution >= 4 is 22.7 Å². The van der Waals surface area contributed by atoms with Crippen molar-refractivity contribution in [3.05, 3.63) is 71.4 Å². The van der Waals surface area contributed by atoms with E-state index in [1.54, 1.807) is 11.8 Å². The average molecular weight is 363 g/mol. The number of hydrogen-bond acceptors (Lipinski definition) is 2. The van der Waals surface area contributed by atoms with Crippen LogP contribution in [0, 0.1) is 6.92 Å². The van der Waals surface area contributed by atoms with Crippen molar-refractivity contribution in [2.75, 3.05) is 13.1 Å². The Morgan fingerprint density at radius 2 is 1.81 bits per heavy atom. The van der Waals surface area contributed by atoms with Gasteiger partial charge in [0.2, 0.25) is 11.8 Å². The summed E-state index contributed by atoms with van der Waals surface area (Å²) in [5, 5.41) is 3.99. The van der Waals surface area contributed by atoms with Crippen molar-refractivity contribution < 1.29 is 9.59 Å². The third-order valence-corrected chi connectivity index (χ3v) is 4.67. The van der Waals surface area contributed by atoms with E-state index >= 15 is 0 Å². The normalized spacial score (nSPS) is 10.7. The summed E-state index contributed by atoms with van der Waals surface area (Å²) in [4.78, 5) is 29.1. The number of H-pyrrole nitrogens is 1. The fraction of sp³-hybridized carbons (Fsp3) is 0.273. The highest BCUT2D eigenvalue weighted by Gasteiger charge is 2.11. The minimum atomic E-state index is -0.0430. The van der Waals surface area contributed by atoms with Gasteiger partial charge in [-0.25, -0.2) is 0 Å². The predicted molar refractivity (Wildman–Crippen MR) is 107 cm³/mol. The van der Waals surface area contributed by atoms with Gasteiger partial charge in [-0.15, -0.1) is 0 Å². The molecule has 0 aliphatic heterocycles. The molecule has 140 valence electrons. The van der Waals surface area contributed by atoms with Gasteiger partial charge in [-0.1, -0.05) is 48.0 Å². The molecule has 1 aromatic heterocycles. The SMILES string of the molecule is CC(=O)N(CCNC(=O)Cc1c[nH]c2ccccc12)Cc1ccc(C)cc1. The molecule has 3 aromatic rings. The van der Waals surface area contributed by atoms with E-state index in [2.05, 4.69) is 10.3 Å². The number of aromatic amines is 1. The zero-order valence-electron chi connectivity index (χ0n) is 15.8. The molecular weight excluding hydrogens is 338 g/mol. The lowest BCUT2D eigenvalue weighted by atomic mass is 10.1. The molecule has 0 saturated carbocycles. The molecule has 0 fully saturated rings. The van der Waals surface area contributed by atoms with Crippen molar-refractivity contribution in [3.8, 4) is 0 Å². The zero-order valence-corrected chi connectivity index (χ0v) is 15.8. The molecule has 0 radical (unpaired) electrons. The predicted octanol–water partition coefficient (Wildman–Crippen LogP) is 3.18. The monoisotopic (exact) mass is 363 g/mol. The van der Waals surface area contributed by atoms with Gasteiger partial charge in [-0.3, -0.25) is 9.59 Å². The topological polar surface area (TPSA) is 65.2 Å². The quantitative estimate of drug-likeness (QED) is 0.677. The van der Waals surface area contributed by atoms with E-state index in [0.29, 0.717) is 26.1 Å². The van der Waals surface area contributed by atoms with Crippen LogP contribution in [0.5, 0.6) is 0 Å². The number of carbonyl (C=O) groups is 2. The summed E-state index contributed by atoms with van der Waals surface area (Å²) in [5.41, 5.74) is 4.28. The van der Waals surface area contributed by atoms with Gasteiger partial charge in [0.1, 0.15) is 0 Å². The maximum Gasteiger partial charge on any atom is 0.224 e. The van der Waals surface area contributed by atoms with Gasteiger partial charge in [0.25, 0.3) is 0 Å². The molecule has 0 unspecified atom stereocenters. The molecule has 0 atom stereocenters. The number of hydrogen-bond donors (Lipinski definition) is 2. The number of aryl methyl sites for hydroxylation is 1. The summed E-state index contributed by atoms with van der Waals surface area (Å²) in [6.07, 6.45) is 2.20. The number of para-hydroxylation sites is 1. The van der Waals surface area contributed by atoms with Crippen LogP contribution in [0.2, 0.25) is 0 Å². The molecule has 27 heavy (non-hydrogen) atoms. The number of fused-ring (bicyclic) bond motifs is 1. The summed E-state index contributed by atoms with van der Waals surface area (Å²) >= 11 is 0. The average Bonchev–Trinajstić information content (AvgIpc) is 3.05. The highest BCUT2D eigenvalue weighted by Crippen LogP contribution is 2.17. The minimum absolute atomic E-state index is 0.00134. The lowest BCUT2D eigenvalue weighted by Gasteiger charge is -2.21. The first-order chi connectivity index (χ1) is 13.0. The molecule has 5 nitrogen and oxygen atoms in total. The Balaban J connectivity index is 1.51. The second kappa shape index (κ2) is 8.54. The standard InChI is InChI=1S/C22H25N3O2/c1-16-7-9-18(10-8-16)15-25(17(2)26)12-11-23-22(27)13-19-14-24-21-6-4-3-5-20(19)21/h3-10,14,24H,11-13,15H2,1-2H3,(H,23,27). The van der Waals surface area contributed by atoms with Gasteiger partial charge in [0.05, 0.1) is 6.42 Å². The van der Waals surface area contributed by atoms with Crippen LogP contribution in [0.15, 0.2) is 54.7 Å². The smallest absolute Gasteiger partial charge is 0.224 e. The van der Waals surface area contributed by atoms with E-state index in [1.807, 2.05) is 61.7 Å². The van der Waals surface area contributed by atoms with Crippen LogP contribution in [-0.2, 0) is 22.6 Å². The number of benzene rings is 2. The van der Waals surface area contributed by atoms with Crippen LogP contribution in [-0.4, -0.2) is 34.8 Å². The van der Waals surface area contributed by atoms with E-state index in [4.69, 9.17) is 0 Å². The largest absolute Gasteiger partial charge is 0.361 e. The number of amides is 2. The molecule has 0 bridgehead atoms. The van der Waals surface area contributed by atoms with Gasteiger partial charge in [-0.05, 0) is 24.1 Å². The first-order valence-corrected chi connectivity index (χ1v) is 9.15. The first kappa shape index (κ1) is 18.7. The van der Waals surface area contributed by atoms with Crippen LogP contribution in [0.25, 0.3) is 10.9 Å². The molecule has 1 heterocycles. The Labute approximate surface area is 159 Å². The fourth-order valence-electron chi connectivity index (χ4n) is 3.11. The molecule has 0 aliphatic carbocycles. The Morgan fingerprint density at radius 3 is 2.56 bits per heavy atom. The van der Waals surface area contributed by atoms with E-state index in [1.165, 1.54) is 5.56 Å². The summed E-state index contributed by atoms with van der Waals surface area (Å²) in [6.45, 7) is 5.07. The van der Waals surface area contributed by atoms with Crippen LogP contribution in [0.1, 0.15) is 23.6 Å². The van der Waals surface area contributed by atoms with Crippen molar-refractivity contribution in [1.29, 1.82) is 0 Å². The second-order valence-electron chi connectivity index (χ2n) is 6.81. The van der Waals surface area contributed by atoms with E-state index < -0.39 is 0 Å². The maximum absolute atomic E-state index is 12.3. The summed E-state index contributed by atoms with van der Waals surface area (Å²) in [7, 11) is 0. The number of rotatable bonds is 7. The Bertz CT molecular complexity index is 928. The molecule has 2 N–H and O–H groups in total. The highest BCUT2D eigenvalue weighted by atomic mass is 16.2. The number of nitrogens with one attached hydrogen (secondary N) is 2. The molecule has 0 spiro atoms. The minimum Gasteiger partial charge on any atom is -0.361 e. The van der Waals surface area contributed by atoms with Gasteiger partial charge in [0, 0.05) is 43.7 Å². The Morgan fingerprint density at radius 1 is 1.07 bits per heavy atom. The van der Waals surface area contributed by atoms with Gasteiger partial charge >= 0.3 is 0 Å². The van der Waals surface area contributed by atoms with Crippen LogP contribution in [0.3, 0.4) is 0 Å². The van der Waals surface area contributed by atoms with Crippen LogP contribution >= 0.6 is 0 Å². The Kier molecular flexibility index (Phi) is 5.91. The Hall–Kier alpha value is -3.08. The first-order valence-electron chi connectivity index (χ1n) is 9.15. The second-order valence-corrected chi connectivity index (χ2v) is 6.81. The summed E-state index contributed by atoms with van der Waals surface area (Å²) in [5.74, 6) is -0.0416. The van der Waals surface area contributed by atoms with E-state index in [9.17, 15) is 9.59 Å². The number of nitrogens with zero attached hydrogens (tertiary/aromatic N) is 1. The molecule has 5 heteroatoms. The molecular formula is C22H25N3O2. The van der Waals surface area contributed by atoms with Crippen molar-refractivity contribution in [3.63, 3.8) is 0 Å². The third kappa shape index (κ3) is 4.97. The lowest BCUT2D eigenvalue weighted by Crippen LogP contribution is -2.37. The number of carbonyl (C=O) groups excluding carboxylic acids is 2. The molecule has 3 rings (SSSR count). The highest BCUT2D eigenvalue weighted by molar-refractivity contribution is 5.88. The lowest BCUT2D eigenvalue weighted by molar-refractivity contribution is -0.130. The number of aromatic nitrogens is 1. The maximum atomic E-state index is 12.3. The molecule has 2 aromatic carbocycles.